The molecule has 1 aliphatic carbocycles. The number of carbonyl (C=O) groups excluding carboxylic acids is 1. The van der Waals surface area contributed by atoms with Gasteiger partial charge in [-0.1, -0.05) is 42.5 Å². The van der Waals surface area contributed by atoms with E-state index < -0.39 is 0 Å². The maximum Gasteiger partial charge on any atom is 0.315 e. The summed E-state index contributed by atoms with van der Waals surface area (Å²) in [5, 5.41) is 10.1. The predicted octanol–water partition coefficient (Wildman–Crippen LogP) is 3.43. The van der Waals surface area contributed by atoms with Gasteiger partial charge >= 0.3 is 6.03 Å². The third kappa shape index (κ3) is 4.53. The highest BCUT2D eigenvalue weighted by Gasteiger charge is 2.39. The minimum absolute atomic E-state index is 0.0626. The van der Waals surface area contributed by atoms with Crippen molar-refractivity contribution < 1.29 is 9.18 Å². The van der Waals surface area contributed by atoms with Crippen molar-refractivity contribution >= 4 is 6.03 Å². The maximum absolute atomic E-state index is 13.3. The fraction of sp³-hybridized carbons (Fsp3) is 0.238. The van der Waals surface area contributed by atoms with E-state index in [4.69, 9.17) is 0 Å². The van der Waals surface area contributed by atoms with Gasteiger partial charge in [0.2, 0.25) is 0 Å². The van der Waals surface area contributed by atoms with E-state index in [1.54, 1.807) is 12.3 Å². The highest BCUT2D eigenvalue weighted by molar-refractivity contribution is 5.74. The number of benzene rings is 2. The van der Waals surface area contributed by atoms with Crippen LogP contribution in [0, 0.1) is 5.82 Å². The summed E-state index contributed by atoms with van der Waals surface area (Å²) in [6.45, 7) is 1.11. The van der Waals surface area contributed by atoms with Gasteiger partial charge in [-0.25, -0.2) is 9.18 Å². The zero-order valence-electron chi connectivity index (χ0n) is 14.8. The average molecular weight is 364 g/mol. The second-order valence-corrected chi connectivity index (χ2v) is 6.86. The number of nitrogens with zero attached hydrogens (tertiary/aromatic N) is 2. The van der Waals surface area contributed by atoms with Gasteiger partial charge in [0.1, 0.15) is 5.82 Å². The first-order valence-corrected chi connectivity index (χ1v) is 9.02. The van der Waals surface area contributed by atoms with Crippen molar-refractivity contribution in [1.29, 1.82) is 0 Å². The van der Waals surface area contributed by atoms with Gasteiger partial charge in [0.25, 0.3) is 0 Å². The van der Waals surface area contributed by atoms with Crippen LogP contribution in [0.15, 0.2) is 67.0 Å². The molecule has 1 heterocycles. The largest absolute Gasteiger partial charge is 0.335 e. The van der Waals surface area contributed by atoms with Crippen LogP contribution in [-0.4, -0.2) is 21.9 Å². The van der Waals surface area contributed by atoms with Crippen molar-refractivity contribution in [1.82, 2.24) is 20.4 Å². The van der Waals surface area contributed by atoms with Crippen molar-refractivity contribution in [3.05, 3.63) is 89.5 Å². The van der Waals surface area contributed by atoms with Crippen LogP contribution in [0.4, 0.5) is 9.18 Å². The molecule has 0 unspecified atom stereocenters. The minimum atomic E-state index is -0.241. The van der Waals surface area contributed by atoms with Crippen molar-refractivity contribution in [2.45, 2.75) is 31.5 Å². The summed E-state index contributed by atoms with van der Waals surface area (Å²) < 4.78 is 15.1. The van der Waals surface area contributed by atoms with Gasteiger partial charge in [0.05, 0.1) is 12.7 Å². The number of aromatic nitrogens is 2. The van der Waals surface area contributed by atoms with Crippen LogP contribution in [0.3, 0.4) is 0 Å². The van der Waals surface area contributed by atoms with Gasteiger partial charge in [-0.05, 0) is 29.7 Å². The standard InChI is InChI=1S/C21H21FN4O/c22-18-8-4-7-17(9-18)19-10-20(19)25-21(27)23-11-16-12-24-26(14-16)13-15-5-2-1-3-6-15/h1-9,12,14,19-20H,10-11,13H2,(H2,23,25,27)/t19-,20+/m0/s1. The number of urea groups is 1. The maximum atomic E-state index is 13.3. The van der Waals surface area contributed by atoms with E-state index in [2.05, 4.69) is 27.9 Å². The smallest absolute Gasteiger partial charge is 0.315 e. The lowest BCUT2D eigenvalue weighted by Crippen LogP contribution is -2.36. The molecule has 0 radical (unpaired) electrons. The molecular weight excluding hydrogens is 343 g/mol. The Balaban J connectivity index is 1.23. The van der Waals surface area contributed by atoms with E-state index in [0.717, 1.165) is 17.5 Å². The molecule has 0 saturated heterocycles. The van der Waals surface area contributed by atoms with Crippen LogP contribution in [0.25, 0.3) is 0 Å². The number of amides is 2. The lowest BCUT2D eigenvalue weighted by molar-refractivity contribution is 0.240. The number of hydrogen-bond acceptors (Lipinski definition) is 2. The Hall–Kier alpha value is -3.15. The molecule has 1 saturated carbocycles. The number of nitrogens with one attached hydrogen (secondary N) is 2. The normalized spacial score (nSPS) is 18.1. The minimum Gasteiger partial charge on any atom is -0.335 e. The molecule has 5 nitrogen and oxygen atoms in total. The van der Waals surface area contributed by atoms with Gasteiger partial charge in [-0.15, -0.1) is 0 Å². The van der Waals surface area contributed by atoms with Crippen LogP contribution in [0.2, 0.25) is 0 Å². The molecule has 2 aromatic carbocycles. The summed E-state index contributed by atoms with van der Waals surface area (Å²) in [6, 6.07) is 16.5. The van der Waals surface area contributed by atoms with E-state index >= 15 is 0 Å². The summed E-state index contributed by atoms with van der Waals surface area (Å²) in [7, 11) is 0. The quantitative estimate of drug-likeness (QED) is 0.704. The van der Waals surface area contributed by atoms with Gasteiger partial charge in [-0.2, -0.15) is 5.10 Å². The van der Waals surface area contributed by atoms with Gasteiger partial charge in [-0.3, -0.25) is 4.68 Å². The summed E-state index contributed by atoms with van der Waals surface area (Å²) in [5.41, 5.74) is 3.05. The van der Waals surface area contributed by atoms with Crippen molar-refractivity contribution in [2.75, 3.05) is 0 Å². The van der Waals surface area contributed by atoms with Crippen LogP contribution >= 0.6 is 0 Å². The molecular formula is C21H21FN4O. The highest BCUT2D eigenvalue weighted by atomic mass is 19.1. The van der Waals surface area contributed by atoms with Crippen LogP contribution in [0.5, 0.6) is 0 Å². The molecule has 3 aromatic rings. The highest BCUT2D eigenvalue weighted by Crippen LogP contribution is 2.40. The Morgan fingerprint density at radius 1 is 1.15 bits per heavy atom. The molecule has 0 aliphatic heterocycles. The zero-order chi connectivity index (χ0) is 18.6. The molecule has 0 spiro atoms. The summed E-state index contributed by atoms with van der Waals surface area (Å²) in [6.07, 6.45) is 4.53. The Labute approximate surface area is 157 Å². The van der Waals surface area contributed by atoms with E-state index in [1.807, 2.05) is 35.1 Å². The van der Waals surface area contributed by atoms with E-state index in [0.29, 0.717) is 13.1 Å². The van der Waals surface area contributed by atoms with Crippen molar-refractivity contribution in [3.8, 4) is 0 Å². The molecule has 4 rings (SSSR count). The van der Waals surface area contributed by atoms with E-state index in [9.17, 15) is 9.18 Å². The lowest BCUT2D eigenvalue weighted by Gasteiger charge is -2.06. The molecule has 27 heavy (non-hydrogen) atoms. The number of halogens is 1. The van der Waals surface area contributed by atoms with Crippen molar-refractivity contribution in [3.63, 3.8) is 0 Å². The Kier molecular flexibility index (Phi) is 4.87. The molecule has 2 N–H and O–H groups in total. The SMILES string of the molecule is O=C(NCc1cnn(Cc2ccccc2)c1)N[C@@H]1C[C@H]1c1cccc(F)c1. The molecule has 0 bridgehead atoms. The first-order valence-electron chi connectivity index (χ1n) is 9.02. The molecule has 2 atom stereocenters. The topological polar surface area (TPSA) is 59.0 Å². The molecule has 6 heteroatoms. The Morgan fingerprint density at radius 2 is 2.00 bits per heavy atom. The van der Waals surface area contributed by atoms with Gasteiger partial charge < -0.3 is 10.6 Å². The predicted molar refractivity (Wildman–Crippen MR) is 101 cm³/mol. The third-order valence-corrected chi connectivity index (χ3v) is 4.71. The average Bonchev–Trinajstić information content (AvgIpc) is 3.29. The van der Waals surface area contributed by atoms with E-state index in [1.165, 1.54) is 17.7 Å². The summed E-state index contributed by atoms with van der Waals surface area (Å²) >= 11 is 0. The summed E-state index contributed by atoms with van der Waals surface area (Å²) in [5.74, 6) is -0.0461. The first kappa shape index (κ1) is 17.3. The Bertz CT molecular complexity index is 925. The monoisotopic (exact) mass is 364 g/mol. The summed E-state index contributed by atoms with van der Waals surface area (Å²) in [4.78, 5) is 12.1. The van der Waals surface area contributed by atoms with Crippen LogP contribution in [0.1, 0.15) is 29.0 Å². The van der Waals surface area contributed by atoms with E-state index in [-0.39, 0.29) is 23.8 Å². The number of rotatable bonds is 6. The molecule has 1 fully saturated rings. The lowest BCUT2D eigenvalue weighted by atomic mass is 10.1. The third-order valence-electron chi connectivity index (χ3n) is 4.71. The van der Waals surface area contributed by atoms with Crippen molar-refractivity contribution in [2.24, 2.45) is 0 Å². The van der Waals surface area contributed by atoms with Gasteiger partial charge in [0.15, 0.2) is 0 Å². The van der Waals surface area contributed by atoms with Gasteiger partial charge in [0, 0.05) is 30.3 Å². The fourth-order valence-corrected chi connectivity index (χ4v) is 3.22. The second kappa shape index (κ2) is 7.61. The first-order chi connectivity index (χ1) is 13.2. The Morgan fingerprint density at radius 3 is 2.81 bits per heavy atom. The van der Waals surface area contributed by atoms with Crippen LogP contribution in [-0.2, 0) is 13.1 Å². The number of carbonyl (C=O) groups is 1. The molecule has 1 aromatic heterocycles. The molecule has 2 amide bonds. The molecule has 1 aliphatic rings. The second-order valence-electron chi connectivity index (χ2n) is 6.86. The van der Waals surface area contributed by atoms with Crippen LogP contribution < -0.4 is 10.6 Å². The fourth-order valence-electron chi connectivity index (χ4n) is 3.22. The molecule has 138 valence electrons. The zero-order valence-corrected chi connectivity index (χ0v) is 14.8. The number of hydrogen-bond donors (Lipinski definition) is 2.